The van der Waals surface area contributed by atoms with Gasteiger partial charge in [0.05, 0.1) is 16.7 Å². The van der Waals surface area contributed by atoms with Crippen LogP contribution in [-0.2, 0) is 0 Å². The van der Waals surface area contributed by atoms with Crippen LogP contribution in [0, 0.1) is 13.8 Å². The highest BCUT2D eigenvalue weighted by Gasteiger charge is 2.17. The van der Waals surface area contributed by atoms with Gasteiger partial charge in [-0.3, -0.25) is 0 Å². The van der Waals surface area contributed by atoms with Crippen molar-refractivity contribution in [2.24, 2.45) is 0 Å². The summed E-state index contributed by atoms with van der Waals surface area (Å²) in [5.41, 5.74) is 1.02. The normalized spacial score (nSPS) is 12.2. The number of hydrogen-bond donors (Lipinski definition) is 2. The number of carboxylic acid groups (broad SMARTS) is 1. The average Bonchev–Trinajstić information content (AvgIpc) is 2.69. The molecule has 0 aliphatic heterocycles. The van der Waals surface area contributed by atoms with Crippen LogP contribution in [0.4, 0.5) is 5.82 Å². The quantitative estimate of drug-likeness (QED) is 0.893. The Hall–Kier alpha value is -2.02. The summed E-state index contributed by atoms with van der Waals surface area (Å²) < 4.78 is 0. The molecule has 1 atom stereocenters. The Labute approximate surface area is 114 Å². The molecule has 0 radical (unpaired) electrons. The minimum Gasteiger partial charge on any atom is -0.477 e. The van der Waals surface area contributed by atoms with Crippen LogP contribution in [0.25, 0.3) is 0 Å². The third-order valence-corrected chi connectivity index (χ3v) is 3.88. The van der Waals surface area contributed by atoms with Crippen molar-refractivity contribution in [1.29, 1.82) is 0 Å². The molecule has 100 valence electrons. The molecule has 7 heteroatoms. The number of anilines is 1. The van der Waals surface area contributed by atoms with Crippen molar-refractivity contribution in [2.75, 3.05) is 5.32 Å². The van der Waals surface area contributed by atoms with Gasteiger partial charge in [-0.25, -0.2) is 19.7 Å². The summed E-state index contributed by atoms with van der Waals surface area (Å²) in [6.45, 7) is 5.84. The fourth-order valence-corrected chi connectivity index (χ4v) is 2.75. The third kappa shape index (κ3) is 2.87. The van der Waals surface area contributed by atoms with Crippen molar-refractivity contribution in [3.63, 3.8) is 0 Å². The Balaban J connectivity index is 2.26. The van der Waals surface area contributed by atoms with Crippen LogP contribution < -0.4 is 5.32 Å². The number of hydrogen-bond acceptors (Lipinski definition) is 6. The third-order valence-electron chi connectivity index (χ3n) is 2.63. The standard InChI is InChI=1S/C12H14N4O2S/c1-6-10(19-8(3)15-6)7(2)16-11-9(12(17)18)4-13-5-14-11/h4-5,7H,1-3H3,(H,17,18)(H,13,14,16). The van der Waals surface area contributed by atoms with E-state index >= 15 is 0 Å². The maximum Gasteiger partial charge on any atom is 0.341 e. The highest BCUT2D eigenvalue weighted by Crippen LogP contribution is 2.27. The molecule has 2 heterocycles. The summed E-state index contributed by atoms with van der Waals surface area (Å²) in [6.07, 6.45) is 2.61. The lowest BCUT2D eigenvalue weighted by Gasteiger charge is -2.14. The van der Waals surface area contributed by atoms with Crippen LogP contribution in [0.15, 0.2) is 12.5 Å². The van der Waals surface area contributed by atoms with E-state index in [-0.39, 0.29) is 11.6 Å². The second kappa shape index (κ2) is 5.31. The number of nitrogens with zero attached hydrogens (tertiary/aromatic N) is 3. The second-order valence-corrected chi connectivity index (χ2v) is 5.37. The van der Waals surface area contributed by atoms with E-state index in [4.69, 9.17) is 5.11 Å². The molecule has 2 N–H and O–H groups in total. The van der Waals surface area contributed by atoms with E-state index in [1.165, 1.54) is 12.5 Å². The number of rotatable bonds is 4. The Kier molecular flexibility index (Phi) is 3.75. The first-order valence-corrected chi connectivity index (χ1v) is 6.54. The van der Waals surface area contributed by atoms with E-state index in [1.54, 1.807) is 11.3 Å². The number of thiazole rings is 1. The minimum absolute atomic E-state index is 0.0563. The van der Waals surface area contributed by atoms with Gasteiger partial charge in [0.2, 0.25) is 0 Å². The Morgan fingerprint density at radius 2 is 2.21 bits per heavy atom. The predicted octanol–water partition coefficient (Wildman–Crippen LogP) is 2.42. The molecule has 0 aliphatic rings. The molecule has 0 aliphatic carbocycles. The lowest BCUT2D eigenvalue weighted by molar-refractivity contribution is 0.0697. The lowest BCUT2D eigenvalue weighted by Crippen LogP contribution is -2.12. The van der Waals surface area contributed by atoms with Crippen LogP contribution in [0.3, 0.4) is 0 Å². The van der Waals surface area contributed by atoms with Gasteiger partial charge < -0.3 is 10.4 Å². The molecule has 2 aromatic rings. The summed E-state index contributed by atoms with van der Waals surface area (Å²) in [5.74, 6) is -0.729. The van der Waals surface area contributed by atoms with E-state index in [0.29, 0.717) is 5.82 Å². The van der Waals surface area contributed by atoms with Crippen LogP contribution >= 0.6 is 11.3 Å². The topological polar surface area (TPSA) is 88.0 Å². The van der Waals surface area contributed by atoms with Crippen molar-refractivity contribution >= 4 is 23.1 Å². The molecular formula is C12H14N4O2S. The van der Waals surface area contributed by atoms with Crippen molar-refractivity contribution in [3.05, 3.63) is 33.7 Å². The summed E-state index contributed by atoms with van der Waals surface area (Å²) in [5, 5.41) is 13.2. The molecule has 0 saturated carbocycles. The smallest absolute Gasteiger partial charge is 0.341 e. The van der Waals surface area contributed by atoms with E-state index in [1.807, 2.05) is 20.8 Å². The van der Waals surface area contributed by atoms with Crippen LogP contribution in [0.2, 0.25) is 0 Å². The first-order chi connectivity index (χ1) is 8.99. The van der Waals surface area contributed by atoms with Crippen LogP contribution in [0.1, 0.15) is 38.9 Å². The Bertz CT molecular complexity index is 612. The van der Waals surface area contributed by atoms with Crippen molar-refractivity contribution < 1.29 is 9.90 Å². The van der Waals surface area contributed by atoms with E-state index in [9.17, 15) is 4.79 Å². The molecule has 0 spiro atoms. The number of nitrogens with one attached hydrogen (secondary N) is 1. The monoisotopic (exact) mass is 278 g/mol. The van der Waals surface area contributed by atoms with Gasteiger partial charge in [0.25, 0.3) is 0 Å². The lowest BCUT2D eigenvalue weighted by atomic mass is 10.2. The van der Waals surface area contributed by atoms with Crippen LogP contribution in [-0.4, -0.2) is 26.0 Å². The van der Waals surface area contributed by atoms with Gasteiger partial charge in [0.15, 0.2) is 0 Å². The molecule has 0 saturated heterocycles. The number of carboxylic acids is 1. The van der Waals surface area contributed by atoms with Gasteiger partial charge in [-0.2, -0.15) is 0 Å². The zero-order valence-electron chi connectivity index (χ0n) is 10.8. The summed E-state index contributed by atoms with van der Waals surface area (Å²) in [7, 11) is 0. The molecule has 0 amide bonds. The van der Waals surface area contributed by atoms with Crippen LogP contribution in [0.5, 0.6) is 0 Å². The summed E-state index contributed by atoms with van der Waals surface area (Å²) >= 11 is 1.59. The second-order valence-electron chi connectivity index (χ2n) is 4.14. The number of aromatic nitrogens is 3. The van der Waals surface area contributed by atoms with E-state index < -0.39 is 5.97 Å². The van der Waals surface area contributed by atoms with Crippen molar-refractivity contribution in [2.45, 2.75) is 26.8 Å². The molecule has 2 rings (SSSR count). The van der Waals surface area contributed by atoms with Gasteiger partial charge in [-0.1, -0.05) is 0 Å². The Morgan fingerprint density at radius 3 is 2.79 bits per heavy atom. The van der Waals surface area contributed by atoms with E-state index in [0.717, 1.165) is 15.6 Å². The maximum absolute atomic E-state index is 11.1. The average molecular weight is 278 g/mol. The zero-order chi connectivity index (χ0) is 14.0. The first kappa shape index (κ1) is 13.4. The Morgan fingerprint density at radius 1 is 1.47 bits per heavy atom. The number of carbonyl (C=O) groups is 1. The maximum atomic E-state index is 11.1. The molecule has 1 unspecified atom stereocenters. The fourth-order valence-electron chi connectivity index (χ4n) is 1.82. The molecular weight excluding hydrogens is 264 g/mol. The van der Waals surface area contributed by atoms with Gasteiger partial charge in [-0.05, 0) is 20.8 Å². The molecule has 0 bridgehead atoms. The van der Waals surface area contributed by atoms with Gasteiger partial charge in [0, 0.05) is 11.1 Å². The van der Waals surface area contributed by atoms with Gasteiger partial charge in [0.1, 0.15) is 17.7 Å². The van der Waals surface area contributed by atoms with E-state index in [2.05, 4.69) is 20.3 Å². The first-order valence-electron chi connectivity index (χ1n) is 5.72. The molecule has 6 nitrogen and oxygen atoms in total. The molecule has 0 fully saturated rings. The number of aryl methyl sites for hydroxylation is 2. The largest absolute Gasteiger partial charge is 0.477 e. The minimum atomic E-state index is -1.05. The summed E-state index contributed by atoms with van der Waals surface area (Å²) in [4.78, 5) is 24.2. The molecule has 0 aromatic carbocycles. The highest BCUT2D eigenvalue weighted by atomic mass is 32.1. The zero-order valence-corrected chi connectivity index (χ0v) is 11.7. The SMILES string of the molecule is Cc1nc(C)c(C(C)Nc2ncncc2C(=O)O)s1. The molecule has 19 heavy (non-hydrogen) atoms. The van der Waals surface area contributed by atoms with Gasteiger partial charge in [-0.15, -0.1) is 11.3 Å². The number of aromatic carboxylic acids is 1. The fraction of sp³-hybridized carbons (Fsp3) is 0.333. The van der Waals surface area contributed by atoms with Crippen molar-refractivity contribution in [1.82, 2.24) is 15.0 Å². The summed E-state index contributed by atoms with van der Waals surface area (Å²) in [6, 6.07) is -0.0563. The predicted molar refractivity (Wildman–Crippen MR) is 72.6 cm³/mol. The highest BCUT2D eigenvalue weighted by molar-refractivity contribution is 7.11. The van der Waals surface area contributed by atoms with Crippen molar-refractivity contribution in [3.8, 4) is 0 Å². The van der Waals surface area contributed by atoms with Gasteiger partial charge >= 0.3 is 5.97 Å². The molecule has 2 aromatic heterocycles.